The molecule has 1 heterocycles. The zero-order valence-corrected chi connectivity index (χ0v) is 18.1. The first kappa shape index (κ1) is 22.9. The van der Waals surface area contributed by atoms with Crippen molar-refractivity contribution in [3.05, 3.63) is 89.7 Å². The first-order valence-corrected chi connectivity index (χ1v) is 11.1. The number of rotatable bonds is 8. The molecule has 2 aromatic carbocycles. The van der Waals surface area contributed by atoms with E-state index >= 15 is 0 Å². The molecule has 0 saturated carbocycles. The highest BCUT2D eigenvalue weighted by Gasteiger charge is 2.14. The van der Waals surface area contributed by atoms with Crippen LogP contribution >= 0.6 is 0 Å². The molecule has 0 radical (unpaired) electrons. The summed E-state index contributed by atoms with van der Waals surface area (Å²) in [5.74, 6) is -0.498. The molecule has 3 N–H and O–H groups in total. The fraction of sp³-hybridized carbons (Fsp3) is 0.136. The van der Waals surface area contributed by atoms with E-state index < -0.39 is 22.0 Å². The van der Waals surface area contributed by atoms with Gasteiger partial charge in [-0.05, 0) is 59.7 Å². The molecule has 0 aliphatic rings. The Hall–Kier alpha value is -3.76. The zero-order valence-electron chi connectivity index (χ0n) is 17.2. The maximum Gasteiger partial charge on any atom is 0.337 e. The van der Waals surface area contributed by atoms with Crippen LogP contribution in [0.15, 0.2) is 78.0 Å². The molecule has 0 aliphatic heterocycles. The van der Waals surface area contributed by atoms with Gasteiger partial charge in [0.05, 0.1) is 17.6 Å². The molecule has 1 aromatic heterocycles. The second-order valence-corrected chi connectivity index (χ2v) is 8.47. The second-order valence-electron chi connectivity index (χ2n) is 6.70. The zero-order chi connectivity index (χ0) is 23.0. The minimum absolute atomic E-state index is 0.00454. The number of urea groups is 1. The van der Waals surface area contributed by atoms with Crippen molar-refractivity contribution in [1.29, 1.82) is 0 Å². The van der Waals surface area contributed by atoms with Crippen LogP contribution in [0.4, 0.5) is 10.5 Å². The number of methoxy groups -OCH3 is 1. The summed E-state index contributed by atoms with van der Waals surface area (Å²) < 4.78 is 32.3. The van der Waals surface area contributed by atoms with Gasteiger partial charge in [0.1, 0.15) is 0 Å². The molecular weight excluding hydrogens is 432 g/mol. The van der Waals surface area contributed by atoms with Crippen molar-refractivity contribution in [1.82, 2.24) is 15.0 Å². The largest absolute Gasteiger partial charge is 0.465 e. The van der Waals surface area contributed by atoms with Crippen molar-refractivity contribution in [3.8, 4) is 0 Å². The lowest BCUT2D eigenvalue weighted by Crippen LogP contribution is -2.28. The average molecular weight is 455 g/mol. The molecule has 0 spiro atoms. The number of pyridine rings is 1. The normalized spacial score (nSPS) is 10.9. The van der Waals surface area contributed by atoms with E-state index in [1.807, 2.05) is 0 Å². The number of hydrogen-bond donors (Lipinski definition) is 3. The maximum absolute atomic E-state index is 12.6. The van der Waals surface area contributed by atoms with Crippen LogP contribution in [0.2, 0.25) is 0 Å². The monoisotopic (exact) mass is 454 g/mol. The number of carbonyl (C=O) groups excluding carboxylic acids is 2. The first-order valence-electron chi connectivity index (χ1n) is 9.58. The minimum Gasteiger partial charge on any atom is -0.465 e. The highest BCUT2D eigenvalue weighted by molar-refractivity contribution is 7.89. The van der Waals surface area contributed by atoms with E-state index in [0.29, 0.717) is 23.4 Å². The second kappa shape index (κ2) is 10.5. The Morgan fingerprint density at radius 3 is 2.34 bits per heavy atom. The quantitative estimate of drug-likeness (QED) is 0.449. The molecule has 3 aromatic rings. The molecule has 32 heavy (non-hydrogen) atoms. The average Bonchev–Trinajstić information content (AvgIpc) is 2.82. The highest BCUT2D eigenvalue weighted by Crippen LogP contribution is 2.15. The summed E-state index contributed by atoms with van der Waals surface area (Å²) in [5, 5.41) is 5.35. The van der Waals surface area contributed by atoms with Crippen molar-refractivity contribution in [2.75, 3.05) is 12.4 Å². The summed E-state index contributed by atoms with van der Waals surface area (Å²) >= 11 is 0. The molecule has 3 rings (SSSR count). The van der Waals surface area contributed by atoms with Gasteiger partial charge in [0.25, 0.3) is 0 Å². The Bertz CT molecular complexity index is 1180. The van der Waals surface area contributed by atoms with Crippen LogP contribution < -0.4 is 15.4 Å². The Morgan fingerprint density at radius 1 is 0.938 bits per heavy atom. The standard InChI is InChI=1S/C22H22N4O5S/c1-31-21(27)18-4-2-3-17(13-18)15-25-32(29,30)20-7-5-19(6-8-20)26-22(28)24-14-16-9-11-23-12-10-16/h2-13,25H,14-15H2,1H3,(H2,24,26,28). The van der Waals surface area contributed by atoms with E-state index in [1.54, 1.807) is 48.8 Å². The number of aromatic nitrogens is 1. The number of nitrogens with one attached hydrogen (secondary N) is 3. The lowest BCUT2D eigenvalue weighted by molar-refractivity contribution is 0.0600. The van der Waals surface area contributed by atoms with Gasteiger partial charge < -0.3 is 15.4 Å². The smallest absolute Gasteiger partial charge is 0.337 e. The Morgan fingerprint density at radius 2 is 1.66 bits per heavy atom. The lowest BCUT2D eigenvalue weighted by atomic mass is 10.1. The van der Waals surface area contributed by atoms with Crippen molar-refractivity contribution in [2.24, 2.45) is 0 Å². The van der Waals surface area contributed by atoms with Crippen LogP contribution in [0.5, 0.6) is 0 Å². The number of ether oxygens (including phenoxy) is 1. The summed E-state index contributed by atoms with van der Waals surface area (Å²) in [7, 11) is -2.51. The predicted molar refractivity (Wildman–Crippen MR) is 118 cm³/mol. The van der Waals surface area contributed by atoms with Crippen LogP contribution in [0.3, 0.4) is 0 Å². The third-order valence-electron chi connectivity index (χ3n) is 4.44. The molecule has 0 aliphatic carbocycles. The molecule has 0 unspecified atom stereocenters. The van der Waals surface area contributed by atoms with E-state index in [0.717, 1.165) is 5.56 Å². The van der Waals surface area contributed by atoms with Crippen LogP contribution in [0.1, 0.15) is 21.5 Å². The van der Waals surface area contributed by atoms with E-state index in [9.17, 15) is 18.0 Å². The van der Waals surface area contributed by atoms with Crippen molar-refractivity contribution in [2.45, 2.75) is 18.0 Å². The fourth-order valence-electron chi connectivity index (χ4n) is 2.76. The van der Waals surface area contributed by atoms with Crippen molar-refractivity contribution >= 4 is 27.7 Å². The molecule has 9 nitrogen and oxygen atoms in total. The number of hydrogen-bond acceptors (Lipinski definition) is 6. The van der Waals surface area contributed by atoms with Gasteiger partial charge in [0, 0.05) is 31.2 Å². The van der Waals surface area contributed by atoms with E-state index in [-0.39, 0.29) is 11.4 Å². The molecule has 0 bridgehead atoms. The number of nitrogens with zero attached hydrogens (tertiary/aromatic N) is 1. The minimum atomic E-state index is -3.79. The number of amides is 2. The van der Waals surface area contributed by atoms with Crippen LogP contribution in [0, 0.1) is 0 Å². The molecule has 10 heteroatoms. The molecular formula is C22H22N4O5S. The maximum atomic E-state index is 12.6. The molecule has 0 atom stereocenters. The molecule has 0 fully saturated rings. The van der Waals surface area contributed by atoms with Gasteiger partial charge in [-0.1, -0.05) is 12.1 Å². The predicted octanol–water partition coefficient (Wildman–Crippen LogP) is 2.67. The van der Waals surface area contributed by atoms with Crippen LogP contribution in [-0.4, -0.2) is 32.5 Å². The summed E-state index contributed by atoms with van der Waals surface area (Å²) in [5.41, 5.74) is 2.30. The Kier molecular flexibility index (Phi) is 7.53. The number of esters is 1. The third kappa shape index (κ3) is 6.37. The van der Waals surface area contributed by atoms with Gasteiger partial charge in [-0.25, -0.2) is 22.7 Å². The molecule has 166 valence electrons. The van der Waals surface area contributed by atoms with Gasteiger partial charge in [-0.2, -0.15) is 0 Å². The summed E-state index contributed by atoms with van der Waals surface area (Å²) in [6, 6.07) is 15.4. The first-order chi connectivity index (χ1) is 15.4. The van der Waals surface area contributed by atoms with Crippen molar-refractivity contribution in [3.63, 3.8) is 0 Å². The lowest BCUT2D eigenvalue weighted by Gasteiger charge is -2.10. The van der Waals surface area contributed by atoms with Gasteiger partial charge in [0.2, 0.25) is 10.0 Å². The number of carbonyl (C=O) groups is 2. The van der Waals surface area contributed by atoms with Gasteiger partial charge in [0.15, 0.2) is 0 Å². The SMILES string of the molecule is COC(=O)c1cccc(CNS(=O)(=O)c2ccc(NC(=O)NCc3ccncc3)cc2)c1. The number of sulfonamides is 1. The van der Waals surface area contributed by atoms with E-state index in [1.165, 1.54) is 31.4 Å². The van der Waals surface area contributed by atoms with Crippen LogP contribution in [0.25, 0.3) is 0 Å². The van der Waals surface area contributed by atoms with Crippen LogP contribution in [-0.2, 0) is 27.8 Å². The van der Waals surface area contributed by atoms with Gasteiger partial charge in [-0.15, -0.1) is 0 Å². The molecule has 0 saturated heterocycles. The summed E-state index contributed by atoms with van der Waals surface area (Å²) in [6.07, 6.45) is 3.27. The third-order valence-corrected chi connectivity index (χ3v) is 5.86. The summed E-state index contributed by atoms with van der Waals surface area (Å²) in [4.78, 5) is 27.6. The fourth-order valence-corrected chi connectivity index (χ4v) is 3.78. The Labute approximate surface area is 185 Å². The number of anilines is 1. The topological polar surface area (TPSA) is 126 Å². The Balaban J connectivity index is 1.56. The highest BCUT2D eigenvalue weighted by atomic mass is 32.2. The molecule has 2 amide bonds. The number of benzene rings is 2. The van der Waals surface area contributed by atoms with Gasteiger partial charge >= 0.3 is 12.0 Å². The summed E-state index contributed by atoms with van der Waals surface area (Å²) in [6.45, 7) is 0.340. The van der Waals surface area contributed by atoms with Crippen molar-refractivity contribution < 1.29 is 22.7 Å². The van der Waals surface area contributed by atoms with E-state index in [2.05, 4.69) is 25.1 Å². The van der Waals surface area contributed by atoms with Gasteiger partial charge in [-0.3, -0.25) is 4.98 Å². The van der Waals surface area contributed by atoms with E-state index in [4.69, 9.17) is 0 Å².